The van der Waals surface area contributed by atoms with E-state index in [0.29, 0.717) is 38.5 Å². The van der Waals surface area contributed by atoms with Crippen LogP contribution in [-0.4, -0.2) is 60.8 Å². The van der Waals surface area contributed by atoms with Gasteiger partial charge in [0.05, 0.1) is 11.9 Å². The molecule has 32 heavy (non-hydrogen) atoms. The van der Waals surface area contributed by atoms with Gasteiger partial charge in [0.15, 0.2) is 0 Å². The van der Waals surface area contributed by atoms with Gasteiger partial charge in [0.2, 0.25) is 10.0 Å². The number of piperidine rings is 1. The number of benzene rings is 2. The van der Waals surface area contributed by atoms with Gasteiger partial charge < -0.3 is 15.4 Å². The number of aliphatic hydroxyl groups is 1. The average molecular weight is 456 g/mol. The van der Waals surface area contributed by atoms with Crippen LogP contribution in [-0.2, 0) is 10.0 Å². The minimum absolute atomic E-state index is 0.151. The van der Waals surface area contributed by atoms with Crippen molar-refractivity contribution in [2.24, 2.45) is 0 Å². The van der Waals surface area contributed by atoms with Crippen LogP contribution in [0.1, 0.15) is 37.7 Å². The highest BCUT2D eigenvalue weighted by Gasteiger charge is 2.29. The number of nitrogens with zero attached hydrogens (tertiary/aromatic N) is 1. The van der Waals surface area contributed by atoms with Crippen molar-refractivity contribution in [3.63, 3.8) is 0 Å². The molecule has 1 aliphatic heterocycles. The highest BCUT2D eigenvalue weighted by Crippen LogP contribution is 2.35. The molecule has 0 radical (unpaired) electrons. The smallest absolute Gasteiger partial charge is 0.214 e. The first kappa shape index (κ1) is 23.0. The van der Waals surface area contributed by atoms with Crippen LogP contribution < -0.4 is 5.32 Å². The number of nitrogens with one attached hydrogen (secondary N) is 2. The molecule has 0 amide bonds. The van der Waals surface area contributed by atoms with Crippen LogP contribution in [0.4, 0.5) is 0 Å². The third-order valence-electron chi connectivity index (χ3n) is 6.30. The third kappa shape index (κ3) is 5.41. The summed E-state index contributed by atoms with van der Waals surface area (Å²) >= 11 is 0. The zero-order chi connectivity index (χ0) is 22.6. The van der Waals surface area contributed by atoms with E-state index in [9.17, 15) is 13.5 Å². The molecule has 3 N–H and O–H groups in total. The number of aromatic amines is 1. The zero-order valence-electron chi connectivity index (χ0n) is 18.6. The Morgan fingerprint density at radius 2 is 1.88 bits per heavy atom. The van der Waals surface area contributed by atoms with E-state index in [2.05, 4.69) is 59.0 Å². The molecule has 1 atom stereocenters. The summed E-state index contributed by atoms with van der Waals surface area (Å²) in [5.74, 6) is 0.506. The lowest BCUT2D eigenvalue weighted by Gasteiger charge is -2.31. The van der Waals surface area contributed by atoms with Crippen LogP contribution in [0, 0.1) is 0 Å². The largest absolute Gasteiger partial charge is 0.392 e. The Labute approximate surface area is 190 Å². The minimum Gasteiger partial charge on any atom is -0.392 e. The Morgan fingerprint density at radius 3 is 2.59 bits per heavy atom. The van der Waals surface area contributed by atoms with E-state index in [1.165, 1.54) is 22.1 Å². The van der Waals surface area contributed by atoms with E-state index in [4.69, 9.17) is 0 Å². The first-order valence-electron chi connectivity index (χ1n) is 11.5. The molecule has 0 spiro atoms. The van der Waals surface area contributed by atoms with Crippen molar-refractivity contribution in [2.45, 2.75) is 38.2 Å². The summed E-state index contributed by atoms with van der Waals surface area (Å²) in [6, 6.07) is 16.9. The molecule has 1 saturated heterocycles. The van der Waals surface area contributed by atoms with Crippen LogP contribution >= 0.6 is 0 Å². The Morgan fingerprint density at radius 1 is 1.12 bits per heavy atom. The number of sulfonamides is 1. The van der Waals surface area contributed by atoms with Crippen LogP contribution in [0.15, 0.2) is 54.7 Å². The second kappa shape index (κ2) is 10.2. The predicted octanol–water partition coefficient (Wildman–Crippen LogP) is 3.70. The van der Waals surface area contributed by atoms with Crippen LogP contribution in [0.5, 0.6) is 0 Å². The zero-order valence-corrected chi connectivity index (χ0v) is 19.4. The molecule has 2 heterocycles. The second-order valence-electron chi connectivity index (χ2n) is 8.77. The van der Waals surface area contributed by atoms with E-state index in [1.807, 2.05) is 6.07 Å². The highest BCUT2D eigenvalue weighted by molar-refractivity contribution is 7.89. The number of rotatable bonds is 9. The molecule has 0 bridgehead atoms. The van der Waals surface area contributed by atoms with E-state index >= 15 is 0 Å². The van der Waals surface area contributed by atoms with Gasteiger partial charge in [0, 0.05) is 36.7 Å². The van der Waals surface area contributed by atoms with Crippen molar-refractivity contribution < 1.29 is 13.5 Å². The molecule has 1 unspecified atom stereocenters. The summed E-state index contributed by atoms with van der Waals surface area (Å²) in [5.41, 5.74) is 4.81. The second-order valence-corrected chi connectivity index (χ2v) is 10.9. The van der Waals surface area contributed by atoms with Gasteiger partial charge in [-0.05, 0) is 67.5 Å². The lowest BCUT2D eigenvalue weighted by molar-refractivity contribution is 0.191. The molecular formula is C25H33N3O3S. The van der Waals surface area contributed by atoms with Crippen molar-refractivity contribution in [1.29, 1.82) is 0 Å². The van der Waals surface area contributed by atoms with Gasteiger partial charge in [0.25, 0.3) is 0 Å². The molecule has 7 heteroatoms. The van der Waals surface area contributed by atoms with Gasteiger partial charge in [-0.25, -0.2) is 12.7 Å². The van der Waals surface area contributed by atoms with Gasteiger partial charge in [-0.3, -0.25) is 0 Å². The fourth-order valence-electron chi connectivity index (χ4n) is 4.55. The Bertz CT molecular complexity index is 1120. The maximum Gasteiger partial charge on any atom is 0.214 e. The quantitative estimate of drug-likeness (QED) is 0.430. The molecule has 4 rings (SSSR count). The van der Waals surface area contributed by atoms with Crippen LogP contribution in [0.2, 0.25) is 0 Å². The number of hydrogen-bond acceptors (Lipinski definition) is 4. The topological polar surface area (TPSA) is 85.4 Å². The van der Waals surface area contributed by atoms with Gasteiger partial charge in [-0.2, -0.15) is 0 Å². The molecule has 172 valence electrons. The number of fused-ring (bicyclic) bond motifs is 1. The molecule has 1 fully saturated rings. The summed E-state index contributed by atoms with van der Waals surface area (Å²) in [7, 11) is -3.24. The normalized spacial score (nSPS) is 17.1. The molecule has 2 aromatic carbocycles. The van der Waals surface area contributed by atoms with Gasteiger partial charge in [0.1, 0.15) is 0 Å². The molecule has 3 aromatic rings. The number of aromatic nitrogens is 1. The van der Waals surface area contributed by atoms with E-state index in [0.717, 1.165) is 18.4 Å². The Kier molecular flexibility index (Phi) is 7.30. The van der Waals surface area contributed by atoms with Crippen molar-refractivity contribution in [2.75, 3.05) is 31.9 Å². The van der Waals surface area contributed by atoms with E-state index < -0.39 is 16.1 Å². The third-order valence-corrected chi connectivity index (χ3v) is 8.26. The number of H-pyrrole nitrogens is 1. The van der Waals surface area contributed by atoms with Gasteiger partial charge in [-0.1, -0.05) is 36.4 Å². The first-order valence-corrected chi connectivity index (χ1v) is 13.1. The highest BCUT2D eigenvalue weighted by atomic mass is 32.2. The van der Waals surface area contributed by atoms with Crippen molar-refractivity contribution >= 4 is 20.9 Å². The monoisotopic (exact) mass is 455 g/mol. The Hall–Kier alpha value is -2.19. The predicted molar refractivity (Wildman–Crippen MR) is 130 cm³/mol. The molecule has 6 nitrogen and oxygen atoms in total. The summed E-state index contributed by atoms with van der Waals surface area (Å²) in [6.07, 6.45) is 3.91. The van der Waals surface area contributed by atoms with Crippen molar-refractivity contribution in [3.05, 3.63) is 60.3 Å². The lowest BCUT2D eigenvalue weighted by atomic mass is 9.89. The number of hydrogen-bond donors (Lipinski definition) is 3. The van der Waals surface area contributed by atoms with Crippen molar-refractivity contribution in [1.82, 2.24) is 14.6 Å². The summed E-state index contributed by atoms with van der Waals surface area (Å²) < 4.78 is 27.1. The fourth-order valence-corrected chi connectivity index (χ4v) is 6.09. The van der Waals surface area contributed by atoms with Gasteiger partial charge in [-0.15, -0.1) is 0 Å². The lowest BCUT2D eigenvalue weighted by Crippen LogP contribution is -2.39. The molecule has 1 aromatic heterocycles. The van der Waals surface area contributed by atoms with Gasteiger partial charge >= 0.3 is 0 Å². The van der Waals surface area contributed by atoms with Crippen LogP contribution in [0.3, 0.4) is 0 Å². The molecule has 0 aliphatic carbocycles. The SMILES string of the molecule is CC(O)CNCCCS(=O)(=O)N1CCC(c2c[nH]c3ccc(-c4ccccc4)cc23)CC1. The van der Waals surface area contributed by atoms with E-state index in [1.54, 1.807) is 11.2 Å². The maximum absolute atomic E-state index is 12.7. The van der Waals surface area contributed by atoms with E-state index in [-0.39, 0.29) is 5.75 Å². The standard InChI is InChI=1S/C25H33N3O3S/c1-19(29)17-26-12-5-15-32(30,31)28-13-10-21(11-14-28)24-18-27-25-9-8-22(16-23(24)25)20-6-3-2-4-7-20/h2-4,6-9,16,18-19,21,26-27,29H,5,10-15,17H2,1H3. The van der Waals surface area contributed by atoms with Crippen LogP contribution in [0.25, 0.3) is 22.0 Å². The molecule has 1 aliphatic rings. The minimum atomic E-state index is -3.24. The van der Waals surface area contributed by atoms with Crippen molar-refractivity contribution in [3.8, 4) is 11.1 Å². The fraction of sp³-hybridized carbons (Fsp3) is 0.440. The molecule has 0 saturated carbocycles. The average Bonchev–Trinajstić information content (AvgIpc) is 3.22. The molecular weight excluding hydrogens is 422 g/mol. The summed E-state index contributed by atoms with van der Waals surface area (Å²) in [4.78, 5) is 3.40. The maximum atomic E-state index is 12.7. The summed E-state index contributed by atoms with van der Waals surface area (Å²) in [6.45, 7) is 3.93. The Balaban J connectivity index is 1.39. The summed E-state index contributed by atoms with van der Waals surface area (Å²) in [5, 5.41) is 13.6. The first-order chi connectivity index (χ1) is 15.4. The number of aliphatic hydroxyl groups excluding tert-OH is 1.